The van der Waals surface area contributed by atoms with Crippen molar-refractivity contribution in [2.45, 2.75) is 5.60 Å². The van der Waals surface area contributed by atoms with Gasteiger partial charge in [-0.25, -0.2) is 4.79 Å². The van der Waals surface area contributed by atoms with E-state index >= 15 is 0 Å². The molecule has 5 heteroatoms. The number of ether oxygens (including phenoxy) is 1. The minimum absolute atomic E-state index is 0.244. The standard InChI is InChI=1S/C27H25NO2S2/c29-26(25-24(20-32-25)28-16-18-31-19-17-28)30-27(21-10-4-1-5-11-21,22-12-6-2-7-13-22)23-14-8-3-9-15-23/h1-15H,16-20H2. The van der Waals surface area contributed by atoms with Crippen molar-refractivity contribution in [3.8, 4) is 0 Å². The molecule has 0 bridgehead atoms. The van der Waals surface area contributed by atoms with Gasteiger partial charge in [0.2, 0.25) is 0 Å². The van der Waals surface area contributed by atoms with Crippen LogP contribution in [0.2, 0.25) is 0 Å². The van der Waals surface area contributed by atoms with Crippen molar-refractivity contribution in [1.82, 2.24) is 4.90 Å². The van der Waals surface area contributed by atoms with E-state index in [1.54, 1.807) is 11.8 Å². The third-order valence-electron chi connectivity index (χ3n) is 5.98. The number of nitrogens with zero attached hydrogens (tertiary/aromatic N) is 1. The highest BCUT2D eigenvalue weighted by atomic mass is 32.2. The molecule has 1 fully saturated rings. The average Bonchev–Trinajstić information content (AvgIpc) is 2.84. The van der Waals surface area contributed by atoms with Crippen LogP contribution in [0.3, 0.4) is 0 Å². The summed E-state index contributed by atoms with van der Waals surface area (Å²) in [5.41, 5.74) is 2.93. The highest BCUT2D eigenvalue weighted by molar-refractivity contribution is 8.05. The fraction of sp³-hybridized carbons (Fsp3) is 0.222. The van der Waals surface area contributed by atoms with E-state index in [0.29, 0.717) is 0 Å². The number of carbonyl (C=O) groups is 1. The Labute approximate surface area is 197 Å². The number of benzene rings is 3. The molecular formula is C27H25NO2S2. The van der Waals surface area contributed by atoms with Gasteiger partial charge in [-0.1, -0.05) is 91.0 Å². The van der Waals surface area contributed by atoms with Crippen molar-refractivity contribution < 1.29 is 9.53 Å². The quantitative estimate of drug-likeness (QED) is 0.357. The Kier molecular flexibility index (Phi) is 6.28. The van der Waals surface area contributed by atoms with Crippen LogP contribution in [0.15, 0.2) is 102 Å². The lowest BCUT2D eigenvalue weighted by molar-refractivity contribution is -0.147. The zero-order valence-corrected chi connectivity index (χ0v) is 19.4. The molecule has 3 aromatic carbocycles. The van der Waals surface area contributed by atoms with Crippen LogP contribution in [0.1, 0.15) is 16.7 Å². The SMILES string of the molecule is O=C(OC(c1ccccc1)(c1ccccc1)c1ccccc1)C1=C(N2CCSCC2)CS1. The minimum atomic E-state index is -1.02. The summed E-state index contributed by atoms with van der Waals surface area (Å²) in [6.07, 6.45) is 0. The van der Waals surface area contributed by atoms with Crippen LogP contribution >= 0.6 is 23.5 Å². The lowest BCUT2D eigenvalue weighted by atomic mass is 9.80. The van der Waals surface area contributed by atoms with E-state index in [9.17, 15) is 4.79 Å². The molecule has 0 radical (unpaired) electrons. The van der Waals surface area contributed by atoms with E-state index in [1.807, 2.05) is 103 Å². The molecular weight excluding hydrogens is 434 g/mol. The molecule has 0 unspecified atom stereocenters. The first-order valence-corrected chi connectivity index (χ1v) is 13.0. The van der Waals surface area contributed by atoms with Crippen LogP contribution in [0.25, 0.3) is 0 Å². The third-order valence-corrected chi connectivity index (χ3v) is 8.03. The van der Waals surface area contributed by atoms with E-state index in [-0.39, 0.29) is 5.97 Å². The molecule has 2 heterocycles. The molecule has 5 rings (SSSR count). The van der Waals surface area contributed by atoms with Crippen molar-refractivity contribution in [2.75, 3.05) is 30.3 Å². The van der Waals surface area contributed by atoms with Gasteiger partial charge in [-0.3, -0.25) is 0 Å². The van der Waals surface area contributed by atoms with Gasteiger partial charge < -0.3 is 9.64 Å². The van der Waals surface area contributed by atoms with Gasteiger partial charge in [-0.2, -0.15) is 11.8 Å². The Morgan fingerprint density at radius 1 is 0.750 bits per heavy atom. The molecule has 3 nitrogen and oxygen atoms in total. The first kappa shape index (κ1) is 21.2. The maximum absolute atomic E-state index is 13.7. The van der Waals surface area contributed by atoms with E-state index in [0.717, 1.165) is 57.6 Å². The number of hydrogen-bond donors (Lipinski definition) is 0. The maximum atomic E-state index is 13.7. The van der Waals surface area contributed by atoms with E-state index < -0.39 is 5.60 Å². The number of hydrogen-bond acceptors (Lipinski definition) is 5. The monoisotopic (exact) mass is 459 g/mol. The van der Waals surface area contributed by atoms with Gasteiger partial charge in [0, 0.05) is 52.7 Å². The molecule has 32 heavy (non-hydrogen) atoms. The fourth-order valence-electron chi connectivity index (χ4n) is 4.33. The van der Waals surface area contributed by atoms with Gasteiger partial charge in [-0.05, 0) is 0 Å². The van der Waals surface area contributed by atoms with Crippen molar-refractivity contribution in [3.05, 3.63) is 118 Å². The van der Waals surface area contributed by atoms with Gasteiger partial charge in [0.25, 0.3) is 0 Å². The first-order valence-electron chi connectivity index (χ1n) is 10.9. The Hall–Kier alpha value is -2.63. The second-order valence-corrected chi connectivity index (χ2v) is 10.0. The largest absolute Gasteiger partial charge is 0.440 e. The zero-order valence-electron chi connectivity index (χ0n) is 17.8. The minimum Gasteiger partial charge on any atom is -0.440 e. The molecule has 2 aliphatic rings. The second-order valence-electron chi connectivity index (χ2n) is 7.83. The zero-order chi connectivity index (χ0) is 21.8. The summed E-state index contributed by atoms with van der Waals surface area (Å²) in [5.74, 6) is 2.85. The number of thioether (sulfide) groups is 2. The summed E-state index contributed by atoms with van der Waals surface area (Å²) in [6.45, 7) is 2.00. The lowest BCUT2D eigenvalue weighted by Gasteiger charge is -2.39. The summed E-state index contributed by atoms with van der Waals surface area (Å²) in [4.78, 5) is 16.8. The van der Waals surface area contributed by atoms with Crippen LogP contribution in [0.4, 0.5) is 0 Å². The molecule has 0 aliphatic carbocycles. The summed E-state index contributed by atoms with van der Waals surface area (Å²) < 4.78 is 6.57. The van der Waals surface area contributed by atoms with Crippen molar-refractivity contribution in [3.63, 3.8) is 0 Å². The van der Waals surface area contributed by atoms with Crippen LogP contribution in [0, 0.1) is 0 Å². The summed E-state index contributed by atoms with van der Waals surface area (Å²) in [5, 5.41) is 0. The van der Waals surface area contributed by atoms with Crippen molar-refractivity contribution in [2.24, 2.45) is 0 Å². The second kappa shape index (κ2) is 9.47. The Balaban J connectivity index is 1.61. The molecule has 0 aromatic heterocycles. The topological polar surface area (TPSA) is 29.5 Å². The van der Waals surface area contributed by atoms with Gasteiger partial charge in [0.05, 0.1) is 0 Å². The Morgan fingerprint density at radius 2 is 1.22 bits per heavy atom. The van der Waals surface area contributed by atoms with Crippen LogP contribution in [-0.4, -0.2) is 41.2 Å². The molecule has 0 spiro atoms. The van der Waals surface area contributed by atoms with Crippen LogP contribution < -0.4 is 0 Å². The molecule has 3 aromatic rings. The smallest absolute Gasteiger partial charge is 0.348 e. The maximum Gasteiger partial charge on any atom is 0.348 e. The van der Waals surface area contributed by atoms with Crippen molar-refractivity contribution >= 4 is 29.5 Å². The predicted octanol–water partition coefficient (Wildman–Crippen LogP) is 5.53. The highest BCUT2D eigenvalue weighted by Crippen LogP contribution is 2.44. The molecule has 162 valence electrons. The molecule has 0 N–H and O–H groups in total. The van der Waals surface area contributed by atoms with Crippen LogP contribution in [-0.2, 0) is 15.1 Å². The third kappa shape index (κ3) is 3.96. The predicted molar refractivity (Wildman–Crippen MR) is 134 cm³/mol. The summed E-state index contributed by atoms with van der Waals surface area (Å²) in [6, 6.07) is 30.2. The van der Waals surface area contributed by atoms with Gasteiger partial charge >= 0.3 is 5.97 Å². The number of carbonyl (C=O) groups excluding carboxylic acids is 1. The van der Waals surface area contributed by atoms with E-state index in [1.165, 1.54) is 0 Å². The summed E-state index contributed by atoms with van der Waals surface area (Å²) >= 11 is 3.57. The van der Waals surface area contributed by atoms with Gasteiger partial charge in [-0.15, -0.1) is 11.8 Å². The fourth-order valence-corrected chi connectivity index (χ4v) is 6.13. The molecule has 0 saturated carbocycles. The normalized spacial score (nSPS) is 16.4. The molecule has 1 saturated heterocycles. The lowest BCUT2D eigenvalue weighted by Crippen LogP contribution is -2.40. The molecule has 2 aliphatic heterocycles. The van der Waals surface area contributed by atoms with Gasteiger partial charge in [0.1, 0.15) is 4.91 Å². The first-order chi connectivity index (χ1) is 15.8. The highest BCUT2D eigenvalue weighted by Gasteiger charge is 2.43. The molecule has 0 atom stereocenters. The number of esters is 1. The van der Waals surface area contributed by atoms with E-state index in [2.05, 4.69) is 4.90 Å². The number of rotatable bonds is 6. The average molecular weight is 460 g/mol. The van der Waals surface area contributed by atoms with Crippen LogP contribution in [0.5, 0.6) is 0 Å². The Bertz CT molecular complexity index is 998. The van der Waals surface area contributed by atoms with Crippen molar-refractivity contribution in [1.29, 1.82) is 0 Å². The van der Waals surface area contributed by atoms with E-state index in [4.69, 9.17) is 4.74 Å². The summed E-state index contributed by atoms with van der Waals surface area (Å²) in [7, 11) is 0. The van der Waals surface area contributed by atoms with Gasteiger partial charge in [0.15, 0.2) is 5.60 Å². The Morgan fingerprint density at radius 3 is 1.62 bits per heavy atom. The molecule has 0 amide bonds.